The van der Waals surface area contributed by atoms with Gasteiger partial charge < -0.3 is 11.1 Å². The van der Waals surface area contributed by atoms with Crippen molar-refractivity contribution in [3.8, 4) is 5.69 Å². The van der Waals surface area contributed by atoms with Crippen molar-refractivity contribution in [2.75, 3.05) is 11.9 Å². The van der Waals surface area contributed by atoms with Crippen molar-refractivity contribution in [3.63, 3.8) is 0 Å². The molecule has 1 heterocycles. The first kappa shape index (κ1) is 12.1. The van der Waals surface area contributed by atoms with E-state index in [0.717, 1.165) is 25.1 Å². The maximum atomic E-state index is 5.92. The molecule has 6 nitrogen and oxygen atoms in total. The maximum Gasteiger partial charge on any atom is 0.247 e. The standard InChI is InChI=1S/C13H18N6/c14-11-7-6-10(8-11)9-15-13-16-17-18-19(13)12-4-2-1-3-5-12/h1-5,10-11H,6-9,14H2,(H,15,16,18)/t10-,11+/m1/s1. The second-order valence-corrected chi connectivity index (χ2v) is 5.07. The molecule has 1 aromatic heterocycles. The molecule has 100 valence electrons. The number of rotatable bonds is 4. The number of anilines is 1. The first-order chi connectivity index (χ1) is 9.33. The summed E-state index contributed by atoms with van der Waals surface area (Å²) >= 11 is 0. The Hall–Kier alpha value is -1.95. The van der Waals surface area contributed by atoms with Gasteiger partial charge in [-0.3, -0.25) is 0 Å². The van der Waals surface area contributed by atoms with Crippen LogP contribution in [0.25, 0.3) is 5.69 Å². The van der Waals surface area contributed by atoms with E-state index >= 15 is 0 Å². The van der Waals surface area contributed by atoms with Gasteiger partial charge in [-0.05, 0) is 47.7 Å². The zero-order valence-corrected chi connectivity index (χ0v) is 10.7. The van der Waals surface area contributed by atoms with E-state index in [9.17, 15) is 0 Å². The average Bonchev–Trinajstić information content (AvgIpc) is 3.06. The Morgan fingerprint density at radius 1 is 1.26 bits per heavy atom. The normalized spacial score (nSPS) is 22.6. The number of hydrogen-bond acceptors (Lipinski definition) is 5. The summed E-state index contributed by atoms with van der Waals surface area (Å²) in [7, 11) is 0. The van der Waals surface area contributed by atoms with Crippen LogP contribution in [-0.2, 0) is 0 Å². The van der Waals surface area contributed by atoms with Gasteiger partial charge in [-0.25, -0.2) is 0 Å². The highest BCUT2D eigenvalue weighted by molar-refractivity contribution is 5.38. The van der Waals surface area contributed by atoms with Crippen LogP contribution in [0.4, 0.5) is 5.95 Å². The number of nitrogens with zero attached hydrogens (tertiary/aromatic N) is 4. The maximum absolute atomic E-state index is 5.92. The third-order valence-electron chi connectivity index (χ3n) is 3.60. The van der Waals surface area contributed by atoms with Crippen LogP contribution < -0.4 is 11.1 Å². The molecule has 0 saturated heterocycles. The highest BCUT2D eigenvalue weighted by Crippen LogP contribution is 2.24. The van der Waals surface area contributed by atoms with Crippen molar-refractivity contribution in [2.24, 2.45) is 11.7 Å². The summed E-state index contributed by atoms with van der Waals surface area (Å²) in [6.07, 6.45) is 3.39. The number of para-hydroxylation sites is 1. The molecule has 19 heavy (non-hydrogen) atoms. The number of aromatic nitrogens is 4. The highest BCUT2D eigenvalue weighted by Gasteiger charge is 2.22. The van der Waals surface area contributed by atoms with Gasteiger partial charge in [0.2, 0.25) is 5.95 Å². The Morgan fingerprint density at radius 2 is 2.11 bits per heavy atom. The fourth-order valence-corrected chi connectivity index (χ4v) is 2.58. The molecular weight excluding hydrogens is 240 g/mol. The number of tetrazole rings is 1. The molecule has 2 aromatic rings. The van der Waals surface area contributed by atoms with Gasteiger partial charge in [-0.1, -0.05) is 23.3 Å². The van der Waals surface area contributed by atoms with Crippen molar-refractivity contribution in [3.05, 3.63) is 30.3 Å². The molecule has 0 spiro atoms. The molecule has 1 aromatic carbocycles. The van der Waals surface area contributed by atoms with Crippen LogP contribution in [0, 0.1) is 5.92 Å². The fourth-order valence-electron chi connectivity index (χ4n) is 2.58. The van der Waals surface area contributed by atoms with Crippen molar-refractivity contribution >= 4 is 5.95 Å². The summed E-state index contributed by atoms with van der Waals surface area (Å²) in [5.41, 5.74) is 6.88. The minimum absolute atomic E-state index is 0.358. The quantitative estimate of drug-likeness (QED) is 0.861. The summed E-state index contributed by atoms with van der Waals surface area (Å²) in [6.45, 7) is 0.876. The van der Waals surface area contributed by atoms with Crippen LogP contribution in [0.3, 0.4) is 0 Å². The lowest BCUT2D eigenvalue weighted by atomic mass is 10.1. The van der Waals surface area contributed by atoms with E-state index in [1.165, 1.54) is 6.42 Å². The van der Waals surface area contributed by atoms with E-state index in [4.69, 9.17) is 5.73 Å². The summed E-state index contributed by atoms with van der Waals surface area (Å²) in [5.74, 6) is 1.31. The van der Waals surface area contributed by atoms with Crippen LogP contribution in [-0.4, -0.2) is 32.8 Å². The van der Waals surface area contributed by atoms with Crippen molar-refractivity contribution in [1.82, 2.24) is 20.2 Å². The third kappa shape index (κ3) is 2.73. The third-order valence-corrected chi connectivity index (χ3v) is 3.60. The molecule has 1 aliphatic carbocycles. The molecule has 6 heteroatoms. The van der Waals surface area contributed by atoms with Crippen molar-refractivity contribution in [2.45, 2.75) is 25.3 Å². The lowest BCUT2D eigenvalue weighted by Crippen LogP contribution is -2.18. The Morgan fingerprint density at radius 3 is 2.84 bits per heavy atom. The molecule has 1 fully saturated rings. The SMILES string of the molecule is N[C@H]1CC[C@@H](CNc2nnnn2-c2ccccc2)C1. The first-order valence-corrected chi connectivity index (χ1v) is 6.66. The van der Waals surface area contributed by atoms with Crippen molar-refractivity contribution in [1.29, 1.82) is 0 Å². The molecule has 0 aliphatic heterocycles. The fraction of sp³-hybridized carbons (Fsp3) is 0.462. The minimum Gasteiger partial charge on any atom is -0.352 e. The van der Waals surface area contributed by atoms with Crippen LogP contribution in [0.2, 0.25) is 0 Å². The first-order valence-electron chi connectivity index (χ1n) is 6.66. The Labute approximate surface area is 112 Å². The monoisotopic (exact) mass is 258 g/mol. The Bertz CT molecular complexity index is 523. The smallest absolute Gasteiger partial charge is 0.247 e. The molecule has 3 N–H and O–H groups in total. The lowest BCUT2D eigenvalue weighted by molar-refractivity contribution is 0.563. The van der Waals surface area contributed by atoms with E-state index in [1.807, 2.05) is 30.3 Å². The van der Waals surface area contributed by atoms with E-state index in [-0.39, 0.29) is 0 Å². The molecule has 0 amide bonds. The summed E-state index contributed by atoms with van der Waals surface area (Å²) < 4.78 is 1.72. The lowest BCUT2D eigenvalue weighted by Gasteiger charge is -2.11. The van der Waals surface area contributed by atoms with Gasteiger partial charge in [-0.15, -0.1) is 0 Å². The van der Waals surface area contributed by atoms with Gasteiger partial charge in [0.05, 0.1) is 5.69 Å². The predicted octanol–water partition coefficient (Wildman–Crippen LogP) is 1.20. The van der Waals surface area contributed by atoms with Gasteiger partial charge in [0.25, 0.3) is 0 Å². The molecule has 0 bridgehead atoms. The van der Waals surface area contributed by atoms with E-state index in [2.05, 4.69) is 20.8 Å². The van der Waals surface area contributed by atoms with Crippen LogP contribution >= 0.6 is 0 Å². The zero-order chi connectivity index (χ0) is 13.1. The minimum atomic E-state index is 0.358. The number of nitrogens with two attached hydrogens (primary N) is 1. The molecule has 1 saturated carbocycles. The summed E-state index contributed by atoms with van der Waals surface area (Å²) in [4.78, 5) is 0. The van der Waals surface area contributed by atoms with Gasteiger partial charge in [0.1, 0.15) is 0 Å². The van der Waals surface area contributed by atoms with E-state index in [0.29, 0.717) is 17.9 Å². The van der Waals surface area contributed by atoms with Gasteiger partial charge in [-0.2, -0.15) is 4.68 Å². The van der Waals surface area contributed by atoms with Crippen LogP contribution in [0.5, 0.6) is 0 Å². The second-order valence-electron chi connectivity index (χ2n) is 5.07. The summed E-state index contributed by atoms with van der Waals surface area (Å²) in [5, 5.41) is 15.1. The molecule has 0 radical (unpaired) electrons. The molecule has 0 unspecified atom stereocenters. The number of nitrogens with one attached hydrogen (secondary N) is 1. The van der Waals surface area contributed by atoms with E-state index < -0.39 is 0 Å². The van der Waals surface area contributed by atoms with Gasteiger partial charge >= 0.3 is 0 Å². The number of hydrogen-bond donors (Lipinski definition) is 2. The zero-order valence-electron chi connectivity index (χ0n) is 10.7. The van der Waals surface area contributed by atoms with Crippen LogP contribution in [0.1, 0.15) is 19.3 Å². The van der Waals surface area contributed by atoms with Crippen molar-refractivity contribution < 1.29 is 0 Å². The molecule has 3 rings (SSSR count). The highest BCUT2D eigenvalue weighted by atomic mass is 15.6. The van der Waals surface area contributed by atoms with Gasteiger partial charge in [0, 0.05) is 12.6 Å². The Balaban J connectivity index is 1.67. The number of benzene rings is 1. The van der Waals surface area contributed by atoms with Gasteiger partial charge in [0.15, 0.2) is 0 Å². The largest absolute Gasteiger partial charge is 0.352 e. The summed E-state index contributed by atoms with van der Waals surface area (Å²) in [6, 6.07) is 10.2. The topological polar surface area (TPSA) is 81.7 Å². The Kier molecular flexibility index (Phi) is 3.41. The average molecular weight is 258 g/mol. The second kappa shape index (κ2) is 5.36. The van der Waals surface area contributed by atoms with Crippen LogP contribution in [0.15, 0.2) is 30.3 Å². The molecule has 2 atom stereocenters. The molecule has 1 aliphatic rings. The predicted molar refractivity (Wildman–Crippen MR) is 73.0 cm³/mol. The molecular formula is C13H18N6. The van der Waals surface area contributed by atoms with E-state index in [1.54, 1.807) is 4.68 Å².